The van der Waals surface area contributed by atoms with Gasteiger partial charge < -0.3 is 24.1 Å². The van der Waals surface area contributed by atoms with Crippen molar-refractivity contribution in [2.45, 2.75) is 0 Å². The third-order valence-electron chi connectivity index (χ3n) is 5.47. The van der Waals surface area contributed by atoms with E-state index in [0.29, 0.717) is 25.4 Å². The number of carbonyl (C=O) groups is 1. The Bertz CT molecular complexity index is 991. The number of rotatable bonds is 7. The molecule has 1 N–H and O–H groups in total. The number of hydrogen-bond acceptors (Lipinski definition) is 5. The Morgan fingerprint density at radius 1 is 0.967 bits per heavy atom. The highest BCUT2D eigenvalue weighted by Crippen LogP contribution is 2.26. The Morgan fingerprint density at radius 2 is 1.70 bits per heavy atom. The van der Waals surface area contributed by atoms with E-state index in [2.05, 4.69) is 9.88 Å². The first-order valence-corrected chi connectivity index (χ1v) is 10.1. The van der Waals surface area contributed by atoms with Gasteiger partial charge in [-0.15, -0.1) is 0 Å². The summed E-state index contributed by atoms with van der Waals surface area (Å²) in [5.74, 6) is 2.45. The third kappa shape index (κ3) is 4.36. The first kappa shape index (κ1) is 20.1. The van der Waals surface area contributed by atoms with Gasteiger partial charge in [0, 0.05) is 43.6 Å². The van der Waals surface area contributed by atoms with E-state index in [1.54, 1.807) is 14.2 Å². The van der Waals surface area contributed by atoms with Gasteiger partial charge in [-0.2, -0.15) is 0 Å². The molecule has 7 nitrogen and oxygen atoms in total. The van der Waals surface area contributed by atoms with Gasteiger partial charge in [0.05, 0.1) is 14.2 Å². The second kappa shape index (κ2) is 9.09. The van der Waals surface area contributed by atoms with Crippen LogP contribution in [0, 0.1) is 0 Å². The fraction of sp³-hybridized carbons (Fsp3) is 0.348. The topological polar surface area (TPSA) is 67.0 Å². The molecule has 0 bridgehead atoms. The van der Waals surface area contributed by atoms with Crippen molar-refractivity contribution in [3.05, 3.63) is 54.2 Å². The molecule has 0 atom stereocenters. The molecule has 2 heterocycles. The Balaban J connectivity index is 1.27. The molecular formula is C23H27N3O4. The molecule has 0 spiro atoms. The molecule has 7 heteroatoms. The van der Waals surface area contributed by atoms with E-state index < -0.39 is 0 Å². The smallest absolute Gasteiger partial charge is 0.270 e. The van der Waals surface area contributed by atoms with Gasteiger partial charge >= 0.3 is 0 Å². The second-order valence-corrected chi connectivity index (χ2v) is 7.26. The SMILES string of the molecule is COc1ccc(OCCN2CCN(C(=O)c3cc4c(OC)cccc4[nH]3)CC2)cc1. The Labute approximate surface area is 176 Å². The predicted molar refractivity (Wildman–Crippen MR) is 116 cm³/mol. The number of nitrogens with zero attached hydrogens (tertiary/aromatic N) is 2. The summed E-state index contributed by atoms with van der Waals surface area (Å²) in [4.78, 5) is 20.4. The van der Waals surface area contributed by atoms with Crippen LogP contribution in [0.1, 0.15) is 10.5 Å². The zero-order valence-electron chi connectivity index (χ0n) is 17.4. The monoisotopic (exact) mass is 409 g/mol. The number of aromatic amines is 1. The molecule has 30 heavy (non-hydrogen) atoms. The number of piperazine rings is 1. The van der Waals surface area contributed by atoms with Gasteiger partial charge in [-0.3, -0.25) is 9.69 Å². The fourth-order valence-electron chi connectivity index (χ4n) is 3.73. The Morgan fingerprint density at radius 3 is 2.40 bits per heavy atom. The minimum atomic E-state index is 0.0300. The molecule has 0 saturated carbocycles. The number of benzene rings is 2. The quantitative estimate of drug-likeness (QED) is 0.650. The molecule has 0 aliphatic carbocycles. The summed E-state index contributed by atoms with van der Waals surface area (Å²) in [6.45, 7) is 4.52. The lowest BCUT2D eigenvalue weighted by Gasteiger charge is -2.34. The van der Waals surface area contributed by atoms with Crippen LogP contribution < -0.4 is 14.2 Å². The number of methoxy groups -OCH3 is 2. The van der Waals surface area contributed by atoms with Gasteiger partial charge in [0.1, 0.15) is 29.5 Å². The number of hydrogen-bond donors (Lipinski definition) is 1. The first-order chi connectivity index (χ1) is 14.7. The molecule has 4 rings (SSSR count). The lowest BCUT2D eigenvalue weighted by molar-refractivity contribution is 0.0615. The number of ether oxygens (including phenoxy) is 3. The minimum Gasteiger partial charge on any atom is -0.497 e. The van der Waals surface area contributed by atoms with Crippen molar-refractivity contribution in [3.8, 4) is 17.2 Å². The maximum atomic E-state index is 12.9. The van der Waals surface area contributed by atoms with Crippen molar-refractivity contribution in [3.63, 3.8) is 0 Å². The van der Waals surface area contributed by atoms with Crippen molar-refractivity contribution >= 4 is 16.8 Å². The normalized spacial score (nSPS) is 14.7. The van der Waals surface area contributed by atoms with Crippen molar-refractivity contribution in [2.75, 3.05) is 53.6 Å². The number of carbonyl (C=O) groups excluding carboxylic acids is 1. The van der Waals surface area contributed by atoms with E-state index >= 15 is 0 Å². The molecule has 1 aromatic heterocycles. The summed E-state index contributed by atoms with van der Waals surface area (Å²) in [5.41, 5.74) is 1.51. The largest absolute Gasteiger partial charge is 0.497 e. The van der Waals surface area contributed by atoms with Crippen LogP contribution in [0.15, 0.2) is 48.5 Å². The summed E-state index contributed by atoms with van der Waals surface area (Å²) in [6.07, 6.45) is 0. The molecule has 1 aliphatic rings. The van der Waals surface area contributed by atoms with Crippen LogP contribution in [0.5, 0.6) is 17.2 Å². The molecule has 1 fully saturated rings. The van der Waals surface area contributed by atoms with E-state index in [0.717, 1.165) is 47.8 Å². The predicted octanol–water partition coefficient (Wildman–Crippen LogP) is 3.02. The third-order valence-corrected chi connectivity index (χ3v) is 5.47. The lowest BCUT2D eigenvalue weighted by Crippen LogP contribution is -2.49. The summed E-state index contributed by atoms with van der Waals surface area (Å²) < 4.78 is 16.4. The number of aromatic nitrogens is 1. The average Bonchev–Trinajstić information content (AvgIpc) is 3.24. The Hall–Kier alpha value is -3.19. The number of nitrogens with one attached hydrogen (secondary N) is 1. The second-order valence-electron chi connectivity index (χ2n) is 7.26. The maximum absolute atomic E-state index is 12.9. The van der Waals surface area contributed by atoms with Crippen LogP contribution in [-0.4, -0.2) is 74.2 Å². The molecule has 158 valence electrons. The highest BCUT2D eigenvalue weighted by atomic mass is 16.5. The highest BCUT2D eigenvalue weighted by Gasteiger charge is 2.23. The van der Waals surface area contributed by atoms with Gasteiger partial charge in [-0.25, -0.2) is 0 Å². The van der Waals surface area contributed by atoms with Crippen molar-refractivity contribution in [1.29, 1.82) is 0 Å². The van der Waals surface area contributed by atoms with Crippen LogP contribution in [-0.2, 0) is 0 Å². The number of amides is 1. The molecular weight excluding hydrogens is 382 g/mol. The summed E-state index contributed by atoms with van der Waals surface area (Å²) in [5, 5.41) is 0.928. The molecule has 1 aliphatic heterocycles. The van der Waals surface area contributed by atoms with Gasteiger partial charge in [0.2, 0.25) is 0 Å². The molecule has 0 radical (unpaired) electrons. The molecule has 0 unspecified atom stereocenters. The van der Waals surface area contributed by atoms with Gasteiger partial charge in [-0.1, -0.05) is 6.07 Å². The van der Waals surface area contributed by atoms with E-state index in [-0.39, 0.29) is 5.91 Å². The van der Waals surface area contributed by atoms with Crippen molar-refractivity contribution < 1.29 is 19.0 Å². The zero-order chi connectivity index (χ0) is 20.9. The Kier molecular flexibility index (Phi) is 6.09. The van der Waals surface area contributed by atoms with E-state index in [4.69, 9.17) is 14.2 Å². The van der Waals surface area contributed by atoms with Crippen LogP contribution in [0.25, 0.3) is 10.9 Å². The fourth-order valence-corrected chi connectivity index (χ4v) is 3.73. The molecule has 1 saturated heterocycles. The van der Waals surface area contributed by atoms with E-state index in [9.17, 15) is 4.79 Å². The van der Waals surface area contributed by atoms with E-state index in [1.807, 2.05) is 53.4 Å². The standard InChI is InChI=1S/C23H27N3O4/c1-28-17-6-8-18(9-7-17)30-15-14-25-10-12-26(13-11-25)23(27)21-16-19-20(24-21)4-3-5-22(19)29-2/h3-9,16,24H,10-15H2,1-2H3. The van der Waals surface area contributed by atoms with Gasteiger partial charge in [0.15, 0.2) is 0 Å². The van der Waals surface area contributed by atoms with Gasteiger partial charge in [-0.05, 0) is 42.5 Å². The lowest BCUT2D eigenvalue weighted by atomic mass is 10.2. The van der Waals surface area contributed by atoms with E-state index in [1.165, 1.54) is 0 Å². The molecule has 1 amide bonds. The van der Waals surface area contributed by atoms with Crippen molar-refractivity contribution in [2.24, 2.45) is 0 Å². The van der Waals surface area contributed by atoms with Crippen LogP contribution in [0.3, 0.4) is 0 Å². The van der Waals surface area contributed by atoms with Crippen LogP contribution in [0.2, 0.25) is 0 Å². The van der Waals surface area contributed by atoms with Crippen molar-refractivity contribution in [1.82, 2.24) is 14.8 Å². The van der Waals surface area contributed by atoms with Crippen LogP contribution in [0.4, 0.5) is 0 Å². The summed E-state index contributed by atoms with van der Waals surface area (Å²) >= 11 is 0. The highest BCUT2D eigenvalue weighted by molar-refractivity contribution is 5.99. The maximum Gasteiger partial charge on any atom is 0.270 e. The number of H-pyrrole nitrogens is 1. The molecule has 3 aromatic rings. The number of fused-ring (bicyclic) bond motifs is 1. The first-order valence-electron chi connectivity index (χ1n) is 10.1. The minimum absolute atomic E-state index is 0.0300. The molecule has 2 aromatic carbocycles. The average molecular weight is 409 g/mol. The summed E-state index contributed by atoms with van der Waals surface area (Å²) in [6, 6.07) is 15.2. The van der Waals surface area contributed by atoms with Gasteiger partial charge in [0.25, 0.3) is 5.91 Å². The summed E-state index contributed by atoms with van der Waals surface area (Å²) in [7, 11) is 3.29. The zero-order valence-corrected chi connectivity index (χ0v) is 17.4. The van der Waals surface area contributed by atoms with Crippen LogP contribution >= 0.6 is 0 Å².